The van der Waals surface area contributed by atoms with Crippen LogP contribution in [0.2, 0.25) is 0 Å². The molecule has 0 atom stereocenters. The van der Waals surface area contributed by atoms with E-state index >= 15 is 0 Å². The molecule has 0 aliphatic carbocycles. The van der Waals surface area contributed by atoms with E-state index in [1.165, 1.54) is 9.13 Å². The number of hydrogen-bond acceptors (Lipinski definition) is 2. The van der Waals surface area contributed by atoms with E-state index in [1.807, 2.05) is 13.8 Å². The van der Waals surface area contributed by atoms with Gasteiger partial charge in [-0.3, -0.25) is 4.79 Å². The molecule has 0 bridgehead atoms. The smallest absolute Gasteiger partial charge is 0.234 e. The molecule has 0 aliphatic heterocycles. The van der Waals surface area contributed by atoms with Gasteiger partial charge in [0, 0.05) is 16.2 Å². The Morgan fingerprint density at radius 2 is 1.94 bits per heavy atom. The molecule has 16 heavy (non-hydrogen) atoms. The summed E-state index contributed by atoms with van der Waals surface area (Å²) in [6.07, 6.45) is 0. The summed E-state index contributed by atoms with van der Waals surface area (Å²) in [6, 6.07) is 8.45. The summed E-state index contributed by atoms with van der Waals surface area (Å²) in [6.45, 7) is 5.00. The normalized spacial score (nSPS) is 10.5. The molecule has 0 heterocycles. The Morgan fingerprint density at radius 3 is 2.50 bits per heavy atom. The number of benzene rings is 1. The molecular weight excluding hydrogens is 315 g/mol. The topological polar surface area (TPSA) is 41.1 Å². The van der Waals surface area contributed by atoms with Gasteiger partial charge >= 0.3 is 0 Å². The molecule has 3 nitrogen and oxygen atoms in total. The maximum atomic E-state index is 11.3. The van der Waals surface area contributed by atoms with E-state index in [0.717, 1.165) is 6.54 Å². The van der Waals surface area contributed by atoms with Gasteiger partial charge < -0.3 is 10.6 Å². The van der Waals surface area contributed by atoms with Crippen LogP contribution in [0.5, 0.6) is 0 Å². The molecule has 2 N–H and O–H groups in total. The highest BCUT2D eigenvalue weighted by atomic mass is 127. The van der Waals surface area contributed by atoms with Crippen molar-refractivity contribution in [3.8, 4) is 0 Å². The Bertz CT molecular complexity index is 335. The summed E-state index contributed by atoms with van der Waals surface area (Å²) >= 11 is 2.27. The minimum atomic E-state index is 0.0421. The van der Waals surface area contributed by atoms with Crippen LogP contribution in [0.15, 0.2) is 24.3 Å². The van der Waals surface area contributed by atoms with Crippen LogP contribution in [-0.2, 0) is 11.3 Å². The third-order valence-corrected chi connectivity index (χ3v) is 2.70. The van der Waals surface area contributed by atoms with Crippen molar-refractivity contribution in [2.75, 3.05) is 6.54 Å². The second-order valence-corrected chi connectivity index (χ2v) is 5.20. The molecule has 0 fully saturated rings. The summed E-state index contributed by atoms with van der Waals surface area (Å²) in [5.74, 6) is 0.0421. The van der Waals surface area contributed by atoms with Crippen molar-refractivity contribution < 1.29 is 4.79 Å². The highest BCUT2D eigenvalue weighted by Crippen LogP contribution is 2.06. The standard InChI is InChI=1S/C12H17IN2O/c1-9(2)15-12(16)8-14-7-10-3-5-11(13)6-4-10/h3-6,9,14H,7-8H2,1-2H3,(H,15,16). The summed E-state index contributed by atoms with van der Waals surface area (Å²) in [7, 11) is 0. The van der Waals surface area contributed by atoms with Crippen molar-refractivity contribution in [1.82, 2.24) is 10.6 Å². The molecule has 0 saturated heterocycles. The van der Waals surface area contributed by atoms with Gasteiger partial charge in [0.2, 0.25) is 5.91 Å². The fourth-order valence-electron chi connectivity index (χ4n) is 1.30. The monoisotopic (exact) mass is 332 g/mol. The number of hydrogen-bond donors (Lipinski definition) is 2. The van der Waals surface area contributed by atoms with Crippen molar-refractivity contribution in [3.63, 3.8) is 0 Å². The van der Waals surface area contributed by atoms with Gasteiger partial charge in [0.25, 0.3) is 0 Å². The van der Waals surface area contributed by atoms with Crippen molar-refractivity contribution in [3.05, 3.63) is 33.4 Å². The number of carbonyl (C=O) groups is 1. The zero-order chi connectivity index (χ0) is 12.0. The molecule has 4 heteroatoms. The van der Waals surface area contributed by atoms with Gasteiger partial charge in [0.15, 0.2) is 0 Å². The predicted molar refractivity (Wildman–Crippen MR) is 74.1 cm³/mol. The highest BCUT2D eigenvalue weighted by Gasteiger charge is 2.01. The van der Waals surface area contributed by atoms with Crippen LogP contribution in [0.25, 0.3) is 0 Å². The van der Waals surface area contributed by atoms with E-state index in [1.54, 1.807) is 0 Å². The average molecular weight is 332 g/mol. The minimum Gasteiger partial charge on any atom is -0.353 e. The largest absolute Gasteiger partial charge is 0.353 e. The van der Waals surface area contributed by atoms with Crippen LogP contribution in [0.3, 0.4) is 0 Å². The second kappa shape index (κ2) is 6.85. The quantitative estimate of drug-likeness (QED) is 0.809. The molecule has 0 saturated carbocycles. The molecular formula is C12H17IN2O. The van der Waals surface area contributed by atoms with Crippen molar-refractivity contribution in [2.24, 2.45) is 0 Å². The summed E-state index contributed by atoms with van der Waals surface area (Å²) < 4.78 is 1.22. The highest BCUT2D eigenvalue weighted by molar-refractivity contribution is 14.1. The lowest BCUT2D eigenvalue weighted by Gasteiger charge is -2.09. The summed E-state index contributed by atoms with van der Waals surface area (Å²) in [4.78, 5) is 11.3. The van der Waals surface area contributed by atoms with Crippen LogP contribution < -0.4 is 10.6 Å². The third-order valence-electron chi connectivity index (χ3n) is 1.98. The van der Waals surface area contributed by atoms with E-state index < -0.39 is 0 Å². The van der Waals surface area contributed by atoms with E-state index in [9.17, 15) is 4.79 Å². The zero-order valence-electron chi connectivity index (χ0n) is 9.59. The molecule has 1 amide bonds. The molecule has 0 radical (unpaired) electrons. The van der Waals surface area contributed by atoms with E-state index in [0.29, 0.717) is 6.54 Å². The average Bonchev–Trinajstić information content (AvgIpc) is 2.20. The van der Waals surface area contributed by atoms with Crippen molar-refractivity contribution in [1.29, 1.82) is 0 Å². The van der Waals surface area contributed by atoms with Crippen LogP contribution >= 0.6 is 22.6 Å². The molecule has 1 rings (SSSR count). The maximum absolute atomic E-state index is 11.3. The second-order valence-electron chi connectivity index (χ2n) is 3.95. The fourth-order valence-corrected chi connectivity index (χ4v) is 1.66. The Labute approximate surface area is 110 Å². The van der Waals surface area contributed by atoms with Gasteiger partial charge in [0.05, 0.1) is 6.54 Å². The number of rotatable bonds is 5. The number of nitrogens with one attached hydrogen (secondary N) is 2. The lowest BCUT2D eigenvalue weighted by atomic mass is 10.2. The Balaban J connectivity index is 2.25. The lowest BCUT2D eigenvalue weighted by molar-refractivity contribution is -0.120. The van der Waals surface area contributed by atoms with Crippen LogP contribution in [0.1, 0.15) is 19.4 Å². The maximum Gasteiger partial charge on any atom is 0.234 e. The first-order valence-electron chi connectivity index (χ1n) is 5.32. The van der Waals surface area contributed by atoms with E-state index in [2.05, 4.69) is 57.5 Å². The molecule has 0 aliphatic rings. The Morgan fingerprint density at radius 1 is 1.31 bits per heavy atom. The molecule has 1 aromatic rings. The van der Waals surface area contributed by atoms with Crippen LogP contribution in [-0.4, -0.2) is 18.5 Å². The van der Waals surface area contributed by atoms with Crippen LogP contribution in [0, 0.1) is 3.57 Å². The van der Waals surface area contributed by atoms with E-state index in [4.69, 9.17) is 0 Å². The van der Waals surface area contributed by atoms with Gasteiger partial charge in [-0.25, -0.2) is 0 Å². The fraction of sp³-hybridized carbons (Fsp3) is 0.417. The predicted octanol–water partition coefficient (Wildman–Crippen LogP) is 1.91. The van der Waals surface area contributed by atoms with Gasteiger partial charge in [-0.05, 0) is 54.1 Å². The van der Waals surface area contributed by atoms with Gasteiger partial charge in [0.1, 0.15) is 0 Å². The number of carbonyl (C=O) groups excluding carboxylic acids is 1. The van der Waals surface area contributed by atoms with Crippen molar-refractivity contribution in [2.45, 2.75) is 26.4 Å². The first-order chi connectivity index (χ1) is 7.58. The number of amides is 1. The zero-order valence-corrected chi connectivity index (χ0v) is 11.7. The molecule has 0 aromatic heterocycles. The van der Waals surface area contributed by atoms with E-state index in [-0.39, 0.29) is 11.9 Å². The van der Waals surface area contributed by atoms with Gasteiger partial charge in [-0.2, -0.15) is 0 Å². The van der Waals surface area contributed by atoms with Crippen molar-refractivity contribution >= 4 is 28.5 Å². The Hall–Kier alpha value is -0.620. The number of halogens is 1. The van der Waals surface area contributed by atoms with Gasteiger partial charge in [-0.1, -0.05) is 12.1 Å². The first kappa shape index (κ1) is 13.4. The summed E-state index contributed by atoms with van der Waals surface area (Å²) in [5.41, 5.74) is 1.19. The molecule has 88 valence electrons. The Kier molecular flexibility index (Phi) is 5.76. The third kappa shape index (κ3) is 5.46. The minimum absolute atomic E-state index is 0.0421. The molecule has 0 unspecified atom stereocenters. The lowest BCUT2D eigenvalue weighted by Crippen LogP contribution is -2.37. The SMILES string of the molecule is CC(C)NC(=O)CNCc1ccc(I)cc1. The van der Waals surface area contributed by atoms with Gasteiger partial charge in [-0.15, -0.1) is 0 Å². The first-order valence-corrected chi connectivity index (χ1v) is 6.40. The summed E-state index contributed by atoms with van der Waals surface area (Å²) in [5, 5.41) is 5.95. The van der Waals surface area contributed by atoms with Crippen LogP contribution in [0.4, 0.5) is 0 Å². The molecule has 1 aromatic carbocycles. The molecule has 0 spiro atoms.